The van der Waals surface area contributed by atoms with Gasteiger partial charge in [0, 0.05) is 0 Å². The maximum absolute atomic E-state index is 10.3. The van der Waals surface area contributed by atoms with Crippen molar-refractivity contribution in [3.8, 4) is 0 Å². The zero-order valence-electron chi connectivity index (χ0n) is 8.58. The quantitative estimate of drug-likeness (QED) is 0.622. The number of hydrogen-bond acceptors (Lipinski definition) is 2. The van der Waals surface area contributed by atoms with Crippen molar-refractivity contribution < 1.29 is 14.6 Å². The molecule has 0 aliphatic heterocycles. The molecule has 0 fully saturated rings. The van der Waals surface area contributed by atoms with E-state index in [1.54, 1.807) is 0 Å². The molecule has 78 valence electrons. The number of hydrogen-bond donors (Lipinski definition) is 1. The lowest BCUT2D eigenvalue weighted by Crippen LogP contribution is -2.16. The number of rotatable bonds is 7. The second-order valence-corrected chi connectivity index (χ2v) is 3.29. The summed E-state index contributed by atoms with van der Waals surface area (Å²) in [5.74, 6) is 0. The van der Waals surface area contributed by atoms with Crippen molar-refractivity contribution in [3.63, 3.8) is 0 Å². The van der Waals surface area contributed by atoms with E-state index in [0.717, 1.165) is 38.5 Å². The molecule has 0 saturated carbocycles. The molecule has 0 aliphatic rings. The smallest absolute Gasteiger partial charge is 0.450 e. The fourth-order valence-corrected chi connectivity index (χ4v) is 1.27. The van der Waals surface area contributed by atoms with Gasteiger partial charge in [-0.2, -0.15) is 0 Å². The van der Waals surface area contributed by atoms with Crippen molar-refractivity contribution in [2.24, 2.45) is 0 Å². The van der Waals surface area contributed by atoms with Crippen LogP contribution in [0.15, 0.2) is 0 Å². The molecular weight excluding hydrogens is 168 g/mol. The zero-order valence-corrected chi connectivity index (χ0v) is 8.58. The van der Waals surface area contributed by atoms with Gasteiger partial charge < -0.3 is 9.84 Å². The summed E-state index contributed by atoms with van der Waals surface area (Å²) in [6.07, 6.45) is 4.76. The van der Waals surface area contributed by atoms with E-state index >= 15 is 0 Å². The van der Waals surface area contributed by atoms with Crippen LogP contribution in [0.5, 0.6) is 0 Å². The Morgan fingerprint density at radius 1 is 1.23 bits per heavy atom. The van der Waals surface area contributed by atoms with Gasteiger partial charge in [0.05, 0.1) is 0 Å². The highest BCUT2D eigenvalue weighted by atomic mass is 16.7. The topological polar surface area (TPSA) is 46.5 Å². The third kappa shape index (κ3) is 7.62. The molecule has 0 spiro atoms. The summed E-state index contributed by atoms with van der Waals surface area (Å²) in [6, 6.07) is 0. The van der Waals surface area contributed by atoms with Gasteiger partial charge in [-0.1, -0.05) is 39.5 Å². The predicted molar refractivity (Wildman–Crippen MR) is 51.9 cm³/mol. The first kappa shape index (κ1) is 12.3. The van der Waals surface area contributed by atoms with Crippen LogP contribution in [-0.4, -0.2) is 17.4 Å². The van der Waals surface area contributed by atoms with Crippen LogP contribution in [0, 0.1) is 0 Å². The highest BCUT2D eigenvalue weighted by molar-refractivity contribution is 5.57. The Kier molecular flexibility index (Phi) is 7.45. The van der Waals surface area contributed by atoms with Crippen LogP contribution >= 0.6 is 0 Å². The van der Waals surface area contributed by atoms with Gasteiger partial charge in [-0.15, -0.1) is 0 Å². The summed E-state index contributed by atoms with van der Waals surface area (Å²) in [5, 5.41) is 8.46. The van der Waals surface area contributed by atoms with Crippen LogP contribution in [0.2, 0.25) is 0 Å². The molecule has 0 aromatic carbocycles. The lowest BCUT2D eigenvalue weighted by Gasteiger charge is -2.14. The molecule has 0 atom stereocenters. The van der Waals surface area contributed by atoms with Gasteiger partial charge in [-0.05, 0) is 12.8 Å². The van der Waals surface area contributed by atoms with Crippen LogP contribution < -0.4 is 0 Å². The van der Waals surface area contributed by atoms with Crippen molar-refractivity contribution in [1.29, 1.82) is 0 Å². The Bertz CT molecular complexity index is 126. The fraction of sp³-hybridized carbons (Fsp3) is 0.900. The van der Waals surface area contributed by atoms with E-state index in [1.807, 2.05) is 0 Å². The fourth-order valence-electron chi connectivity index (χ4n) is 1.27. The van der Waals surface area contributed by atoms with Gasteiger partial charge >= 0.3 is 6.16 Å². The van der Waals surface area contributed by atoms with E-state index in [1.165, 1.54) is 0 Å². The van der Waals surface area contributed by atoms with E-state index in [4.69, 9.17) is 9.84 Å². The minimum atomic E-state index is -1.14. The standard InChI is InChI=1S/C10H20O3/c1-3-5-7-9(8-6-4-2)13-10(11)12/h9H,3-8H2,1-2H3,(H,11,12). The number of ether oxygens (including phenoxy) is 1. The first-order valence-electron chi connectivity index (χ1n) is 5.10. The molecule has 3 heteroatoms. The highest BCUT2D eigenvalue weighted by Crippen LogP contribution is 2.12. The van der Waals surface area contributed by atoms with Crippen molar-refractivity contribution in [2.75, 3.05) is 0 Å². The molecule has 3 nitrogen and oxygen atoms in total. The van der Waals surface area contributed by atoms with Gasteiger partial charge in [0.1, 0.15) is 6.10 Å². The van der Waals surface area contributed by atoms with Crippen molar-refractivity contribution in [1.82, 2.24) is 0 Å². The van der Waals surface area contributed by atoms with Crippen LogP contribution in [0.25, 0.3) is 0 Å². The lowest BCUT2D eigenvalue weighted by molar-refractivity contribution is 0.0427. The minimum absolute atomic E-state index is 0.0857. The first-order valence-corrected chi connectivity index (χ1v) is 5.10. The lowest BCUT2D eigenvalue weighted by atomic mass is 10.1. The average molecular weight is 188 g/mol. The third-order valence-corrected chi connectivity index (χ3v) is 2.03. The van der Waals surface area contributed by atoms with Crippen molar-refractivity contribution in [3.05, 3.63) is 0 Å². The second kappa shape index (κ2) is 7.90. The molecular formula is C10H20O3. The molecule has 0 aromatic rings. The molecule has 0 aliphatic carbocycles. The van der Waals surface area contributed by atoms with E-state index in [0.29, 0.717) is 0 Å². The van der Waals surface area contributed by atoms with Gasteiger partial charge in [-0.25, -0.2) is 4.79 Å². The minimum Gasteiger partial charge on any atom is -0.450 e. The predicted octanol–water partition coefficient (Wildman–Crippen LogP) is 3.43. The van der Waals surface area contributed by atoms with Gasteiger partial charge in [0.2, 0.25) is 0 Å². The number of unbranched alkanes of at least 4 members (excludes halogenated alkanes) is 2. The van der Waals surface area contributed by atoms with E-state index in [9.17, 15) is 4.79 Å². The van der Waals surface area contributed by atoms with Gasteiger partial charge in [-0.3, -0.25) is 0 Å². The number of carbonyl (C=O) groups is 1. The van der Waals surface area contributed by atoms with Crippen LogP contribution in [0.3, 0.4) is 0 Å². The summed E-state index contributed by atoms with van der Waals surface area (Å²) >= 11 is 0. The molecule has 0 saturated heterocycles. The molecule has 0 bridgehead atoms. The molecule has 0 heterocycles. The van der Waals surface area contributed by atoms with Crippen LogP contribution in [-0.2, 0) is 4.74 Å². The number of carboxylic acid groups (broad SMARTS) is 1. The summed E-state index contributed by atoms with van der Waals surface area (Å²) in [5.41, 5.74) is 0. The largest absolute Gasteiger partial charge is 0.506 e. The summed E-state index contributed by atoms with van der Waals surface area (Å²) in [6.45, 7) is 4.19. The molecule has 0 rings (SSSR count). The normalized spacial score (nSPS) is 10.4. The highest BCUT2D eigenvalue weighted by Gasteiger charge is 2.11. The van der Waals surface area contributed by atoms with E-state index < -0.39 is 6.16 Å². The maximum Gasteiger partial charge on any atom is 0.506 e. The summed E-state index contributed by atoms with van der Waals surface area (Å²) in [4.78, 5) is 10.3. The monoisotopic (exact) mass is 188 g/mol. The molecule has 0 radical (unpaired) electrons. The van der Waals surface area contributed by atoms with Crippen molar-refractivity contribution in [2.45, 2.75) is 58.5 Å². The second-order valence-electron chi connectivity index (χ2n) is 3.29. The Balaban J connectivity index is 3.66. The SMILES string of the molecule is CCCCC(CCCC)OC(=O)O. The summed E-state index contributed by atoms with van der Waals surface area (Å²) in [7, 11) is 0. The third-order valence-electron chi connectivity index (χ3n) is 2.03. The first-order chi connectivity index (χ1) is 6.20. The molecule has 0 aromatic heterocycles. The molecule has 0 unspecified atom stereocenters. The van der Waals surface area contributed by atoms with Crippen molar-refractivity contribution >= 4 is 6.16 Å². The van der Waals surface area contributed by atoms with Crippen LogP contribution in [0.4, 0.5) is 4.79 Å². The Morgan fingerprint density at radius 3 is 2.00 bits per heavy atom. The van der Waals surface area contributed by atoms with Crippen LogP contribution in [0.1, 0.15) is 52.4 Å². The average Bonchev–Trinajstić information content (AvgIpc) is 2.09. The molecule has 13 heavy (non-hydrogen) atoms. The maximum atomic E-state index is 10.3. The Hall–Kier alpha value is -0.730. The van der Waals surface area contributed by atoms with E-state index in [-0.39, 0.29) is 6.10 Å². The van der Waals surface area contributed by atoms with E-state index in [2.05, 4.69) is 13.8 Å². The molecule has 1 N–H and O–H groups in total. The molecule has 0 amide bonds. The Morgan fingerprint density at radius 2 is 1.69 bits per heavy atom. The zero-order chi connectivity index (χ0) is 10.1. The Labute approximate surface area is 80.1 Å². The summed E-state index contributed by atoms with van der Waals surface area (Å²) < 4.78 is 4.77. The van der Waals surface area contributed by atoms with Gasteiger partial charge in [0.25, 0.3) is 0 Å². The van der Waals surface area contributed by atoms with Gasteiger partial charge in [0.15, 0.2) is 0 Å².